The molecule has 112 valence electrons. The summed E-state index contributed by atoms with van der Waals surface area (Å²) in [5.74, 6) is 0.0878. The third-order valence-corrected chi connectivity index (χ3v) is 5.27. The van der Waals surface area contributed by atoms with Crippen LogP contribution in [0.15, 0.2) is 18.5 Å². The van der Waals surface area contributed by atoms with Crippen LogP contribution in [0.1, 0.15) is 26.7 Å². The van der Waals surface area contributed by atoms with Gasteiger partial charge < -0.3 is 10.6 Å². The number of carbonyl (C=O) groups is 1. The van der Waals surface area contributed by atoms with Crippen LogP contribution >= 0.6 is 11.8 Å². The van der Waals surface area contributed by atoms with E-state index in [1.165, 1.54) is 0 Å². The Labute approximate surface area is 124 Å². The van der Waals surface area contributed by atoms with E-state index >= 15 is 0 Å². The molecule has 5 nitrogen and oxygen atoms in total. The fraction of sp³-hybridized carbons (Fsp3) is 0.714. The van der Waals surface area contributed by atoms with E-state index < -0.39 is 5.54 Å². The number of hydrogen-bond donors (Lipinski definition) is 2. The molecule has 1 fully saturated rings. The van der Waals surface area contributed by atoms with Gasteiger partial charge in [0.1, 0.15) is 5.54 Å². The minimum absolute atomic E-state index is 0.0495. The van der Waals surface area contributed by atoms with E-state index in [9.17, 15) is 4.79 Å². The lowest BCUT2D eigenvalue weighted by Crippen LogP contribution is -2.56. The van der Waals surface area contributed by atoms with Gasteiger partial charge >= 0.3 is 0 Å². The lowest BCUT2D eigenvalue weighted by Gasteiger charge is -2.37. The Balaban J connectivity index is 2.13. The zero-order chi connectivity index (χ0) is 14.6. The first kappa shape index (κ1) is 15.4. The van der Waals surface area contributed by atoms with Crippen molar-refractivity contribution >= 4 is 17.7 Å². The topological polar surface area (TPSA) is 59.0 Å². The Bertz CT molecular complexity index is 438. The molecule has 0 radical (unpaired) electrons. The summed E-state index contributed by atoms with van der Waals surface area (Å²) < 4.78 is 1.88. The molecule has 6 heteroatoms. The molecule has 0 aliphatic carbocycles. The van der Waals surface area contributed by atoms with Crippen LogP contribution in [0.25, 0.3) is 0 Å². The van der Waals surface area contributed by atoms with Crippen molar-refractivity contribution in [1.29, 1.82) is 0 Å². The maximum Gasteiger partial charge on any atom is 0.248 e. The van der Waals surface area contributed by atoms with Crippen LogP contribution in [0.3, 0.4) is 0 Å². The van der Waals surface area contributed by atoms with E-state index in [1.54, 1.807) is 18.0 Å². The van der Waals surface area contributed by atoms with Gasteiger partial charge in [0.2, 0.25) is 5.91 Å². The van der Waals surface area contributed by atoms with Crippen molar-refractivity contribution in [2.75, 3.05) is 25.9 Å². The fourth-order valence-corrected chi connectivity index (χ4v) is 2.67. The van der Waals surface area contributed by atoms with Gasteiger partial charge in [0.15, 0.2) is 0 Å². The van der Waals surface area contributed by atoms with Gasteiger partial charge in [-0.1, -0.05) is 0 Å². The molecular formula is C14H24N4OS. The van der Waals surface area contributed by atoms with Gasteiger partial charge in [-0.05, 0) is 52.1 Å². The molecule has 2 rings (SSSR count). The summed E-state index contributed by atoms with van der Waals surface area (Å²) >= 11 is 1.76. The average Bonchev–Trinajstić information content (AvgIpc) is 3.00. The molecule has 0 unspecified atom stereocenters. The Kier molecular flexibility index (Phi) is 4.75. The second-order valence-corrected chi connectivity index (χ2v) is 7.39. The van der Waals surface area contributed by atoms with E-state index in [4.69, 9.17) is 0 Å². The summed E-state index contributed by atoms with van der Waals surface area (Å²) in [5, 5.41) is 10.8. The predicted octanol–water partition coefficient (Wildman–Crippen LogP) is 1.22. The van der Waals surface area contributed by atoms with E-state index in [2.05, 4.69) is 35.8 Å². The van der Waals surface area contributed by atoms with E-state index in [0.717, 1.165) is 25.9 Å². The molecule has 2 N–H and O–H groups in total. The van der Waals surface area contributed by atoms with Crippen molar-refractivity contribution in [2.45, 2.75) is 37.0 Å². The summed E-state index contributed by atoms with van der Waals surface area (Å²) in [6.45, 7) is 6.64. The molecule has 1 saturated heterocycles. The molecule has 0 aromatic carbocycles. The Hall–Kier alpha value is -1.01. The summed E-state index contributed by atoms with van der Waals surface area (Å²) in [6, 6.07) is 1.88. The highest BCUT2D eigenvalue weighted by Crippen LogP contribution is 2.28. The smallest absolute Gasteiger partial charge is 0.248 e. The van der Waals surface area contributed by atoms with E-state index in [1.807, 2.05) is 16.9 Å². The largest absolute Gasteiger partial charge is 0.353 e. The molecule has 1 aromatic heterocycles. The first-order valence-electron chi connectivity index (χ1n) is 7.04. The van der Waals surface area contributed by atoms with Crippen molar-refractivity contribution in [3.8, 4) is 0 Å². The van der Waals surface area contributed by atoms with Crippen LogP contribution in [0.5, 0.6) is 0 Å². The third-order valence-electron chi connectivity index (χ3n) is 4.02. The van der Waals surface area contributed by atoms with Crippen molar-refractivity contribution in [2.24, 2.45) is 0 Å². The number of piperidine rings is 1. The third kappa shape index (κ3) is 3.17. The maximum atomic E-state index is 12.8. The normalized spacial score (nSPS) is 18.8. The van der Waals surface area contributed by atoms with E-state index in [-0.39, 0.29) is 10.7 Å². The van der Waals surface area contributed by atoms with Gasteiger partial charge in [0, 0.05) is 23.7 Å². The molecule has 0 saturated carbocycles. The van der Waals surface area contributed by atoms with Crippen LogP contribution in [0.2, 0.25) is 0 Å². The number of amides is 1. The summed E-state index contributed by atoms with van der Waals surface area (Å²) in [6.07, 6.45) is 7.26. The zero-order valence-electron chi connectivity index (χ0n) is 12.5. The van der Waals surface area contributed by atoms with Gasteiger partial charge in [-0.15, -0.1) is 0 Å². The molecule has 2 heterocycles. The molecule has 1 aliphatic rings. The maximum absolute atomic E-state index is 12.8. The van der Waals surface area contributed by atoms with E-state index in [0.29, 0.717) is 6.54 Å². The minimum Gasteiger partial charge on any atom is -0.353 e. The van der Waals surface area contributed by atoms with Crippen LogP contribution in [0.4, 0.5) is 0 Å². The van der Waals surface area contributed by atoms with Crippen molar-refractivity contribution < 1.29 is 4.79 Å². The highest BCUT2D eigenvalue weighted by Gasteiger charge is 2.42. The number of aromatic nitrogens is 2. The molecule has 20 heavy (non-hydrogen) atoms. The highest BCUT2D eigenvalue weighted by atomic mass is 32.2. The van der Waals surface area contributed by atoms with Crippen LogP contribution in [-0.2, 0) is 10.3 Å². The van der Waals surface area contributed by atoms with Crippen LogP contribution in [0, 0.1) is 0 Å². The second kappa shape index (κ2) is 6.18. The SMILES string of the molecule is CSC(C)(C)CNC(=O)C1(n2cccn2)CCNCC1. The Morgan fingerprint density at radius 3 is 2.75 bits per heavy atom. The number of nitrogens with one attached hydrogen (secondary N) is 2. The molecule has 0 bridgehead atoms. The monoisotopic (exact) mass is 296 g/mol. The Morgan fingerprint density at radius 1 is 1.50 bits per heavy atom. The molecular weight excluding hydrogens is 272 g/mol. The number of hydrogen-bond acceptors (Lipinski definition) is 4. The first-order chi connectivity index (χ1) is 9.50. The summed E-state index contributed by atoms with van der Waals surface area (Å²) in [5.41, 5.74) is -0.538. The quantitative estimate of drug-likeness (QED) is 0.858. The average molecular weight is 296 g/mol. The molecule has 0 atom stereocenters. The van der Waals surface area contributed by atoms with Gasteiger partial charge in [-0.25, -0.2) is 0 Å². The van der Waals surface area contributed by atoms with Crippen molar-refractivity contribution in [3.05, 3.63) is 18.5 Å². The summed E-state index contributed by atoms with van der Waals surface area (Å²) in [7, 11) is 0. The van der Waals surface area contributed by atoms with Crippen LogP contribution in [-0.4, -0.2) is 46.3 Å². The van der Waals surface area contributed by atoms with Crippen molar-refractivity contribution in [1.82, 2.24) is 20.4 Å². The van der Waals surface area contributed by atoms with Gasteiger partial charge in [-0.2, -0.15) is 16.9 Å². The molecule has 1 aliphatic heterocycles. The second-order valence-electron chi connectivity index (χ2n) is 5.88. The minimum atomic E-state index is -0.538. The van der Waals surface area contributed by atoms with Gasteiger partial charge in [0.25, 0.3) is 0 Å². The van der Waals surface area contributed by atoms with Crippen molar-refractivity contribution in [3.63, 3.8) is 0 Å². The number of carbonyl (C=O) groups excluding carboxylic acids is 1. The standard InChI is InChI=1S/C14H24N4OS/c1-13(2,20-3)11-16-12(19)14(5-8-15-9-6-14)18-10-4-7-17-18/h4,7,10,15H,5-6,8-9,11H2,1-3H3,(H,16,19). The molecule has 1 amide bonds. The molecule has 1 aromatic rings. The lowest BCUT2D eigenvalue weighted by molar-refractivity contribution is -0.132. The molecule has 0 spiro atoms. The summed E-state index contributed by atoms with van der Waals surface area (Å²) in [4.78, 5) is 12.8. The predicted molar refractivity (Wildman–Crippen MR) is 82.9 cm³/mol. The van der Waals surface area contributed by atoms with Gasteiger partial charge in [0.05, 0.1) is 0 Å². The van der Waals surface area contributed by atoms with Gasteiger partial charge in [-0.3, -0.25) is 9.48 Å². The number of thioether (sulfide) groups is 1. The highest BCUT2D eigenvalue weighted by molar-refractivity contribution is 7.99. The number of nitrogens with zero attached hydrogens (tertiary/aromatic N) is 2. The van der Waals surface area contributed by atoms with Crippen LogP contribution < -0.4 is 10.6 Å². The number of rotatable bonds is 5. The Morgan fingerprint density at radius 2 is 2.20 bits per heavy atom. The lowest BCUT2D eigenvalue weighted by atomic mass is 9.87. The zero-order valence-corrected chi connectivity index (χ0v) is 13.3. The first-order valence-corrected chi connectivity index (χ1v) is 8.27. The fourth-order valence-electron chi connectivity index (χ4n) is 2.45.